The van der Waals surface area contributed by atoms with Crippen molar-refractivity contribution >= 4 is 5.82 Å². The number of ether oxygens (including phenoxy) is 1. The van der Waals surface area contributed by atoms with Crippen LogP contribution in [0.1, 0.15) is 25.3 Å². The SMILES string of the molecule is CCNc1cc(COCCCC(F)(F)F)ccn1. The molecule has 1 heterocycles. The lowest BCUT2D eigenvalue weighted by molar-refractivity contribution is -0.138. The Morgan fingerprint density at radius 3 is 2.83 bits per heavy atom. The van der Waals surface area contributed by atoms with Crippen LogP contribution in [0.15, 0.2) is 18.3 Å². The van der Waals surface area contributed by atoms with Gasteiger partial charge in [-0.15, -0.1) is 0 Å². The van der Waals surface area contributed by atoms with E-state index in [1.165, 1.54) is 0 Å². The minimum absolute atomic E-state index is 0.00531. The Balaban J connectivity index is 2.24. The molecule has 0 aromatic carbocycles. The Labute approximate surface area is 104 Å². The van der Waals surface area contributed by atoms with Crippen LogP contribution in [0.25, 0.3) is 0 Å². The van der Waals surface area contributed by atoms with Crippen LogP contribution in [0.5, 0.6) is 0 Å². The molecule has 0 aliphatic heterocycles. The summed E-state index contributed by atoms with van der Waals surface area (Å²) in [5.74, 6) is 0.744. The van der Waals surface area contributed by atoms with Gasteiger partial charge in [-0.25, -0.2) is 4.98 Å². The van der Waals surface area contributed by atoms with Crippen molar-refractivity contribution in [3.8, 4) is 0 Å². The van der Waals surface area contributed by atoms with Crippen LogP contribution in [-0.4, -0.2) is 24.3 Å². The van der Waals surface area contributed by atoms with Gasteiger partial charge in [-0.2, -0.15) is 13.2 Å². The number of aromatic nitrogens is 1. The summed E-state index contributed by atoms with van der Waals surface area (Å²) in [6.07, 6.45) is -3.26. The minimum atomic E-state index is -4.10. The largest absolute Gasteiger partial charge is 0.389 e. The molecular weight excluding hydrogens is 245 g/mol. The fourth-order valence-electron chi connectivity index (χ4n) is 1.41. The summed E-state index contributed by atoms with van der Waals surface area (Å²) in [7, 11) is 0. The number of nitrogens with zero attached hydrogens (tertiary/aromatic N) is 1. The Kier molecular flexibility index (Phi) is 5.91. The monoisotopic (exact) mass is 262 g/mol. The van der Waals surface area contributed by atoms with Crippen LogP contribution in [0, 0.1) is 0 Å². The van der Waals surface area contributed by atoms with E-state index < -0.39 is 12.6 Å². The van der Waals surface area contributed by atoms with Crippen LogP contribution < -0.4 is 5.32 Å². The normalized spacial score (nSPS) is 11.6. The van der Waals surface area contributed by atoms with E-state index in [1.54, 1.807) is 12.3 Å². The first-order chi connectivity index (χ1) is 8.51. The van der Waals surface area contributed by atoms with Gasteiger partial charge in [0.15, 0.2) is 0 Å². The summed E-state index contributed by atoms with van der Waals surface area (Å²) in [4.78, 5) is 4.09. The highest BCUT2D eigenvalue weighted by Gasteiger charge is 2.25. The van der Waals surface area contributed by atoms with Crippen LogP contribution in [-0.2, 0) is 11.3 Å². The third-order valence-corrected chi connectivity index (χ3v) is 2.20. The first kappa shape index (κ1) is 14.8. The summed E-state index contributed by atoms with van der Waals surface area (Å²) in [6, 6.07) is 3.61. The van der Waals surface area contributed by atoms with Crippen molar-refractivity contribution in [3.63, 3.8) is 0 Å². The molecule has 6 heteroatoms. The number of hydrogen-bond donors (Lipinski definition) is 1. The van der Waals surface area contributed by atoms with Gasteiger partial charge in [0.05, 0.1) is 6.61 Å². The van der Waals surface area contributed by atoms with Crippen molar-refractivity contribution in [2.24, 2.45) is 0 Å². The topological polar surface area (TPSA) is 34.1 Å². The molecule has 18 heavy (non-hydrogen) atoms. The number of pyridine rings is 1. The highest BCUT2D eigenvalue weighted by Crippen LogP contribution is 2.21. The molecule has 1 aromatic rings. The van der Waals surface area contributed by atoms with E-state index in [4.69, 9.17) is 4.74 Å². The molecule has 0 radical (unpaired) electrons. The Bertz CT molecular complexity index is 355. The number of rotatable bonds is 7. The van der Waals surface area contributed by atoms with Crippen molar-refractivity contribution in [2.75, 3.05) is 18.5 Å². The summed E-state index contributed by atoms with van der Waals surface area (Å²) >= 11 is 0. The summed E-state index contributed by atoms with van der Waals surface area (Å²) < 4.78 is 40.8. The molecule has 1 rings (SSSR count). The molecule has 1 aromatic heterocycles. The summed E-state index contributed by atoms with van der Waals surface area (Å²) in [5, 5.41) is 3.05. The number of hydrogen-bond acceptors (Lipinski definition) is 3. The van der Waals surface area contributed by atoms with Crippen LogP contribution >= 0.6 is 0 Å². The highest BCUT2D eigenvalue weighted by atomic mass is 19.4. The number of nitrogens with one attached hydrogen (secondary N) is 1. The van der Waals surface area contributed by atoms with Crippen molar-refractivity contribution in [1.82, 2.24) is 4.98 Å². The van der Waals surface area contributed by atoms with Gasteiger partial charge in [0.1, 0.15) is 5.82 Å². The van der Waals surface area contributed by atoms with Gasteiger partial charge in [0.2, 0.25) is 0 Å². The van der Waals surface area contributed by atoms with E-state index in [-0.39, 0.29) is 13.0 Å². The Morgan fingerprint density at radius 1 is 1.39 bits per heavy atom. The van der Waals surface area contributed by atoms with Crippen LogP contribution in [0.2, 0.25) is 0 Å². The first-order valence-electron chi connectivity index (χ1n) is 5.84. The van der Waals surface area contributed by atoms with E-state index in [0.717, 1.165) is 17.9 Å². The lowest BCUT2D eigenvalue weighted by Crippen LogP contribution is -2.08. The molecule has 0 aliphatic carbocycles. The van der Waals surface area contributed by atoms with Crippen molar-refractivity contribution in [1.29, 1.82) is 0 Å². The average Bonchev–Trinajstić information content (AvgIpc) is 2.28. The molecule has 0 unspecified atom stereocenters. The minimum Gasteiger partial charge on any atom is -0.377 e. The maximum Gasteiger partial charge on any atom is 0.389 e. The Morgan fingerprint density at radius 2 is 2.17 bits per heavy atom. The molecule has 3 nitrogen and oxygen atoms in total. The molecule has 0 bridgehead atoms. The Hall–Kier alpha value is -1.30. The van der Waals surface area contributed by atoms with Crippen molar-refractivity contribution in [3.05, 3.63) is 23.9 Å². The zero-order valence-corrected chi connectivity index (χ0v) is 10.3. The van der Waals surface area contributed by atoms with E-state index in [9.17, 15) is 13.2 Å². The number of anilines is 1. The van der Waals surface area contributed by atoms with E-state index in [1.807, 2.05) is 13.0 Å². The summed E-state index contributed by atoms with van der Waals surface area (Å²) in [5.41, 5.74) is 0.896. The fourth-order valence-corrected chi connectivity index (χ4v) is 1.41. The summed E-state index contributed by atoms with van der Waals surface area (Å²) in [6.45, 7) is 3.14. The van der Waals surface area contributed by atoms with Gasteiger partial charge in [-0.1, -0.05) is 0 Å². The second-order valence-electron chi connectivity index (χ2n) is 3.85. The molecule has 0 aliphatic rings. The third-order valence-electron chi connectivity index (χ3n) is 2.20. The predicted molar refractivity (Wildman–Crippen MR) is 63.3 cm³/mol. The van der Waals surface area contributed by atoms with Gasteiger partial charge < -0.3 is 10.1 Å². The molecule has 1 N–H and O–H groups in total. The maximum atomic E-state index is 11.9. The quantitative estimate of drug-likeness (QED) is 0.765. The van der Waals surface area contributed by atoms with E-state index in [0.29, 0.717) is 6.61 Å². The molecule has 0 atom stereocenters. The predicted octanol–water partition coefficient (Wildman–Crippen LogP) is 3.37. The van der Waals surface area contributed by atoms with E-state index >= 15 is 0 Å². The molecular formula is C12H17F3N2O. The third kappa shape index (κ3) is 6.44. The molecule has 102 valence electrons. The zero-order valence-electron chi connectivity index (χ0n) is 10.3. The number of alkyl halides is 3. The lowest BCUT2D eigenvalue weighted by atomic mass is 10.2. The smallest absolute Gasteiger partial charge is 0.377 e. The van der Waals surface area contributed by atoms with Gasteiger partial charge in [0, 0.05) is 25.8 Å². The van der Waals surface area contributed by atoms with Crippen molar-refractivity contribution < 1.29 is 17.9 Å². The van der Waals surface area contributed by atoms with Gasteiger partial charge >= 0.3 is 6.18 Å². The molecule has 0 fully saturated rings. The van der Waals surface area contributed by atoms with E-state index in [2.05, 4.69) is 10.3 Å². The van der Waals surface area contributed by atoms with Crippen LogP contribution in [0.3, 0.4) is 0 Å². The average molecular weight is 262 g/mol. The molecule has 0 spiro atoms. The van der Waals surface area contributed by atoms with Gasteiger partial charge in [-0.05, 0) is 31.0 Å². The van der Waals surface area contributed by atoms with Gasteiger partial charge in [0.25, 0.3) is 0 Å². The fraction of sp³-hybridized carbons (Fsp3) is 0.583. The molecule has 0 saturated heterocycles. The first-order valence-corrected chi connectivity index (χ1v) is 5.84. The highest BCUT2D eigenvalue weighted by molar-refractivity contribution is 5.36. The second-order valence-corrected chi connectivity index (χ2v) is 3.85. The molecule has 0 saturated carbocycles. The molecule has 0 amide bonds. The number of halogens is 3. The van der Waals surface area contributed by atoms with Gasteiger partial charge in [-0.3, -0.25) is 0 Å². The van der Waals surface area contributed by atoms with Crippen molar-refractivity contribution in [2.45, 2.75) is 32.5 Å². The second kappa shape index (κ2) is 7.20. The lowest BCUT2D eigenvalue weighted by Gasteiger charge is -2.08. The zero-order chi connectivity index (χ0) is 13.4. The maximum absolute atomic E-state index is 11.9. The standard InChI is InChI=1S/C12H17F3N2O/c1-2-16-11-8-10(4-6-17-11)9-18-7-3-5-12(13,14)15/h4,6,8H,2-3,5,7,9H2,1H3,(H,16,17). The van der Waals surface area contributed by atoms with Crippen LogP contribution in [0.4, 0.5) is 19.0 Å².